The molecule has 2 amide bonds. The number of halogens is 3. The van der Waals surface area contributed by atoms with Crippen LogP contribution in [0.4, 0.5) is 18.0 Å². The van der Waals surface area contributed by atoms with Crippen molar-refractivity contribution < 1.29 is 32.6 Å². The van der Waals surface area contributed by atoms with Crippen molar-refractivity contribution in [1.82, 2.24) is 19.7 Å². The first-order valence-corrected chi connectivity index (χ1v) is 10.3. The average Bonchev–Trinajstić information content (AvgIpc) is 3.26. The summed E-state index contributed by atoms with van der Waals surface area (Å²) in [5, 5.41) is 10.4. The number of aromatic nitrogens is 1. The average molecular weight is 452 g/mol. The molecule has 12 heteroatoms. The van der Waals surface area contributed by atoms with Crippen molar-refractivity contribution in [3.63, 3.8) is 0 Å². The third-order valence-electron chi connectivity index (χ3n) is 5.17. The van der Waals surface area contributed by atoms with Crippen LogP contribution in [0.25, 0.3) is 0 Å². The summed E-state index contributed by atoms with van der Waals surface area (Å²) in [7, 11) is 5.44. The summed E-state index contributed by atoms with van der Waals surface area (Å²) in [6.45, 7) is 5.55. The van der Waals surface area contributed by atoms with E-state index in [1.54, 1.807) is 23.3 Å². The first-order valence-electron chi connectivity index (χ1n) is 9.38. The van der Waals surface area contributed by atoms with Gasteiger partial charge >= 0.3 is 18.2 Å². The molecule has 3 rings (SSSR count). The number of amides is 2. The molecule has 30 heavy (non-hydrogen) atoms. The number of rotatable bonds is 3. The van der Waals surface area contributed by atoms with Crippen LogP contribution in [-0.2, 0) is 16.1 Å². The smallest absolute Gasteiger partial charge is 0.475 e. The van der Waals surface area contributed by atoms with E-state index in [1.165, 1.54) is 0 Å². The molecule has 2 aliphatic heterocycles. The number of thiazole rings is 1. The van der Waals surface area contributed by atoms with Crippen LogP contribution in [0, 0.1) is 12.8 Å². The van der Waals surface area contributed by atoms with Crippen LogP contribution >= 0.6 is 11.3 Å². The summed E-state index contributed by atoms with van der Waals surface area (Å²) in [4.78, 5) is 32.1. The van der Waals surface area contributed by atoms with Gasteiger partial charge in [-0.15, -0.1) is 11.3 Å². The van der Waals surface area contributed by atoms with Crippen molar-refractivity contribution in [2.75, 3.05) is 40.8 Å². The van der Waals surface area contributed by atoms with E-state index in [-0.39, 0.29) is 18.2 Å². The van der Waals surface area contributed by atoms with Gasteiger partial charge in [0.15, 0.2) is 0 Å². The zero-order valence-electron chi connectivity index (χ0n) is 17.3. The Bertz CT molecular complexity index is 743. The Morgan fingerprint density at radius 2 is 2.00 bits per heavy atom. The van der Waals surface area contributed by atoms with Crippen molar-refractivity contribution >= 4 is 23.3 Å². The maximum atomic E-state index is 12.5. The molecule has 1 aromatic rings. The summed E-state index contributed by atoms with van der Waals surface area (Å²) in [5.74, 6) is -2.37. The van der Waals surface area contributed by atoms with E-state index in [1.807, 2.05) is 25.9 Å². The Labute approximate surface area is 177 Å². The maximum absolute atomic E-state index is 12.5. The highest BCUT2D eigenvalue weighted by Crippen LogP contribution is 2.33. The van der Waals surface area contributed by atoms with Gasteiger partial charge in [0.2, 0.25) is 0 Å². The van der Waals surface area contributed by atoms with E-state index < -0.39 is 12.1 Å². The summed E-state index contributed by atoms with van der Waals surface area (Å²) < 4.78 is 37.4. The highest BCUT2D eigenvalue weighted by molar-refractivity contribution is 7.09. The molecular formula is C18H27F3N4O4S. The largest absolute Gasteiger partial charge is 0.490 e. The number of ether oxygens (including phenoxy) is 1. The van der Waals surface area contributed by atoms with Gasteiger partial charge in [0.1, 0.15) is 0 Å². The molecule has 0 unspecified atom stereocenters. The molecular weight excluding hydrogens is 425 g/mol. The lowest BCUT2D eigenvalue weighted by Gasteiger charge is -2.42. The zero-order chi connectivity index (χ0) is 22.6. The van der Waals surface area contributed by atoms with Crippen molar-refractivity contribution in [3.05, 3.63) is 16.1 Å². The number of carboxylic acids is 1. The number of hydrogen-bond donors (Lipinski definition) is 1. The number of piperidine rings is 1. The highest BCUT2D eigenvalue weighted by atomic mass is 32.1. The Morgan fingerprint density at radius 1 is 1.37 bits per heavy atom. The number of carbonyl (C=O) groups excluding carboxylic acids is 1. The number of fused-ring (bicyclic) bond motifs is 1. The molecule has 0 spiro atoms. The van der Waals surface area contributed by atoms with Crippen LogP contribution < -0.4 is 0 Å². The lowest BCUT2D eigenvalue weighted by molar-refractivity contribution is -0.192. The fourth-order valence-electron chi connectivity index (χ4n) is 3.86. The summed E-state index contributed by atoms with van der Waals surface area (Å²) in [5.41, 5.74) is 1.13. The fourth-order valence-corrected chi connectivity index (χ4v) is 4.47. The van der Waals surface area contributed by atoms with E-state index in [9.17, 15) is 18.0 Å². The van der Waals surface area contributed by atoms with Gasteiger partial charge in [-0.2, -0.15) is 13.2 Å². The number of methoxy groups -OCH3 is 1. The van der Waals surface area contributed by atoms with E-state index in [4.69, 9.17) is 14.6 Å². The Hall–Kier alpha value is -1.92. The standard InChI is InChI=1S/C16H26N4O2S.C2HF3O2/c1-11-17-12(10-23-11)7-19-8-13-14(9-19)20(16(21)18(2)3)6-5-15(13)22-4;3-2(4,5)1(6)7/h10,13-15H,5-9H2,1-4H3;(H,6,7)/t13-,14+,15+;/m0./s1. The Balaban J connectivity index is 0.000000396. The number of likely N-dealkylation sites (tertiary alicyclic amines) is 2. The molecule has 2 aliphatic rings. The number of urea groups is 1. The molecule has 170 valence electrons. The van der Waals surface area contributed by atoms with Crippen molar-refractivity contribution in [2.24, 2.45) is 5.92 Å². The number of carbonyl (C=O) groups is 2. The van der Waals surface area contributed by atoms with Crippen molar-refractivity contribution in [1.29, 1.82) is 0 Å². The van der Waals surface area contributed by atoms with Gasteiger partial charge in [0, 0.05) is 58.7 Å². The normalized spacial score (nSPS) is 24.1. The molecule has 0 bridgehead atoms. The second kappa shape index (κ2) is 9.92. The van der Waals surface area contributed by atoms with Gasteiger partial charge in [-0.1, -0.05) is 0 Å². The van der Waals surface area contributed by atoms with Crippen LogP contribution in [0.5, 0.6) is 0 Å². The Kier molecular flexibility index (Phi) is 8.06. The first kappa shape index (κ1) is 24.4. The third kappa shape index (κ3) is 6.05. The predicted molar refractivity (Wildman–Crippen MR) is 104 cm³/mol. The van der Waals surface area contributed by atoms with Crippen molar-refractivity contribution in [2.45, 2.75) is 38.2 Å². The molecule has 0 aliphatic carbocycles. The number of hydrogen-bond acceptors (Lipinski definition) is 6. The Morgan fingerprint density at radius 3 is 2.47 bits per heavy atom. The van der Waals surface area contributed by atoms with Gasteiger partial charge in [-0.05, 0) is 13.3 Å². The van der Waals surface area contributed by atoms with Crippen LogP contribution in [0.15, 0.2) is 5.38 Å². The second-order valence-corrected chi connectivity index (χ2v) is 8.58. The minimum absolute atomic E-state index is 0.112. The van der Waals surface area contributed by atoms with Crippen LogP contribution in [0.2, 0.25) is 0 Å². The number of carboxylic acid groups (broad SMARTS) is 1. The summed E-state index contributed by atoms with van der Waals surface area (Å²) >= 11 is 1.69. The minimum atomic E-state index is -5.08. The summed E-state index contributed by atoms with van der Waals surface area (Å²) in [6, 6.07) is 0.351. The molecule has 1 N–H and O–H groups in total. The molecule has 0 saturated carbocycles. The third-order valence-corrected chi connectivity index (χ3v) is 5.99. The van der Waals surface area contributed by atoms with Gasteiger partial charge in [-0.3, -0.25) is 4.90 Å². The SMILES string of the molecule is CO[C@@H]1CCN(C(=O)N(C)C)[C@@H]2CN(Cc3csc(C)n3)C[C@@H]21.O=C(O)C(F)(F)F. The van der Waals surface area contributed by atoms with Crippen LogP contribution in [0.3, 0.4) is 0 Å². The van der Waals surface area contributed by atoms with E-state index in [0.29, 0.717) is 5.92 Å². The molecule has 3 heterocycles. The maximum Gasteiger partial charge on any atom is 0.490 e. The van der Waals surface area contributed by atoms with Gasteiger partial charge in [0.25, 0.3) is 0 Å². The second-order valence-electron chi connectivity index (χ2n) is 7.52. The zero-order valence-corrected chi connectivity index (χ0v) is 18.2. The molecule has 1 aromatic heterocycles. The quantitative estimate of drug-likeness (QED) is 0.758. The van der Waals surface area contributed by atoms with E-state index in [2.05, 4.69) is 15.3 Å². The van der Waals surface area contributed by atoms with Crippen LogP contribution in [0.1, 0.15) is 17.1 Å². The van der Waals surface area contributed by atoms with E-state index >= 15 is 0 Å². The fraction of sp³-hybridized carbons (Fsp3) is 0.722. The van der Waals surface area contributed by atoms with Crippen LogP contribution in [-0.4, -0.2) is 96.0 Å². The van der Waals surface area contributed by atoms with Gasteiger partial charge in [-0.25, -0.2) is 14.6 Å². The number of alkyl halides is 3. The highest BCUT2D eigenvalue weighted by Gasteiger charge is 2.46. The lowest BCUT2D eigenvalue weighted by Crippen LogP contribution is -2.55. The monoisotopic (exact) mass is 452 g/mol. The molecule has 2 fully saturated rings. The lowest BCUT2D eigenvalue weighted by atomic mass is 9.89. The van der Waals surface area contributed by atoms with E-state index in [0.717, 1.165) is 43.3 Å². The van der Waals surface area contributed by atoms with Gasteiger partial charge < -0.3 is 19.6 Å². The molecule has 0 aromatic carbocycles. The topological polar surface area (TPSA) is 86.2 Å². The molecule has 2 saturated heterocycles. The predicted octanol–water partition coefficient (Wildman–Crippen LogP) is 2.29. The minimum Gasteiger partial charge on any atom is -0.475 e. The number of aryl methyl sites for hydroxylation is 1. The first-order chi connectivity index (χ1) is 13.9. The summed E-state index contributed by atoms with van der Waals surface area (Å²) in [6.07, 6.45) is -3.92. The number of nitrogens with zero attached hydrogens (tertiary/aromatic N) is 4. The molecule has 3 atom stereocenters. The van der Waals surface area contributed by atoms with Gasteiger partial charge in [0.05, 0.1) is 22.8 Å². The number of aliphatic carboxylic acids is 1. The van der Waals surface area contributed by atoms with Crippen molar-refractivity contribution in [3.8, 4) is 0 Å². The molecule has 0 radical (unpaired) electrons. The molecule has 8 nitrogen and oxygen atoms in total.